The third-order valence-electron chi connectivity index (χ3n) is 2.70. The number of rotatable bonds is 2. The highest BCUT2D eigenvalue weighted by molar-refractivity contribution is 5.84. The molecule has 1 aromatic rings. The van der Waals surface area contributed by atoms with E-state index in [9.17, 15) is 9.59 Å². The Morgan fingerprint density at radius 2 is 2.00 bits per heavy atom. The molecule has 1 aliphatic heterocycles. The van der Waals surface area contributed by atoms with Gasteiger partial charge in [-0.15, -0.1) is 0 Å². The molecule has 1 N–H and O–H groups in total. The lowest BCUT2D eigenvalue weighted by molar-refractivity contribution is -0.129. The Morgan fingerprint density at radius 3 is 2.47 bits per heavy atom. The molecular weight excluding hydrogens is 226 g/mol. The fraction of sp³-hybridized carbons (Fsp3) is 0.500. The van der Waals surface area contributed by atoms with Crippen molar-refractivity contribution in [2.75, 3.05) is 31.1 Å². The molecule has 0 unspecified atom stereocenters. The van der Waals surface area contributed by atoms with Gasteiger partial charge in [0, 0.05) is 33.1 Å². The van der Waals surface area contributed by atoms with Gasteiger partial charge >= 0.3 is 5.97 Å². The fourth-order valence-electron chi connectivity index (χ4n) is 1.72. The smallest absolute Gasteiger partial charge is 0.373 e. The monoisotopic (exact) mass is 239 g/mol. The summed E-state index contributed by atoms with van der Waals surface area (Å²) in [7, 11) is 0. The zero-order chi connectivity index (χ0) is 12.4. The molecule has 0 bridgehead atoms. The SMILES string of the molecule is CC(=O)N1CCN(c2ncc(C(=O)O)o2)CC1. The fourth-order valence-corrected chi connectivity index (χ4v) is 1.72. The van der Waals surface area contributed by atoms with Crippen LogP contribution in [0.1, 0.15) is 17.5 Å². The highest BCUT2D eigenvalue weighted by Gasteiger charge is 2.22. The standard InChI is InChI=1S/C10H13N3O4/c1-7(14)12-2-4-13(5-3-12)10-11-6-8(17-10)9(15)16/h6H,2-5H2,1H3,(H,15,16). The van der Waals surface area contributed by atoms with Crippen LogP contribution in [0.2, 0.25) is 0 Å². The van der Waals surface area contributed by atoms with Crippen LogP contribution in [-0.2, 0) is 4.79 Å². The minimum atomic E-state index is -1.13. The van der Waals surface area contributed by atoms with E-state index in [0.717, 1.165) is 0 Å². The molecule has 7 nitrogen and oxygen atoms in total. The number of anilines is 1. The summed E-state index contributed by atoms with van der Waals surface area (Å²) in [4.78, 5) is 29.2. The summed E-state index contributed by atoms with van der Waals surface area (Å²) in [5.74, 6) is -1.26. The first-order valence-electron chi connectivity index (χ1n) is 5.27. The van der Waals surface area contributed by atoms with Crippen LogP contribution in [0.4, 0.5) is 6.01 Å². The maximum absolute atomic E-state index is 11.1. The van der Waals surface area contributed by atoms with Gasteiger partial charge in [-0.3, -0.25) is 4.79 Å². The summed E-state index contributed by atoms with van der Waals surface area (Å²) >= 11 is 0. The number of nitrogens with zero attached hydrogens (tertiary/aromatic N) is 3. The van der Waals surface area contributed by atoms with Gasteiger partial charge in [0.05, 0.1) is 6.20 Å². The van der Waals surface area contributed by atoms with Crippen molar-refractivity contribution in [2.24, 2.45) is 0 Å². The number of amides is 1. The van der Waals surface area contributed by atoms with Crippen molar-refractivity contribution in [3.05, 3.63) is 12.0 Å². The van der Waals surface area contributed by atoms with Crippen molar-refractivity contribution in [1.29, 1.82) is 0 Å². The van der Waals surface area contributed by atoms with Crippen molar-refractivity contribution in [3.63, 3.8) is 0 Å². The van der Waals surface area contributed by atoms with Crippen LogP contribution in [0.3, 0.4) is 0 Å². The number of aromatic nitrogens is 1. The Hall–Kier alpha value is -2.05. The lowest BCUT2D eigenvalue weighted by atomic mass is 10.3. The van der Waals surface area contributed by atoms with Gasteiger partial charge in [0.1, 0.15) is 0 Å². The van der Waals surface area contributed by atoms with E-state index in [2.05, 4.69) is 4.98 Å². The Morgan fingerprint density at radius 1 is 1.35 bits per heavy atom. The van der Waals surface area contributed by atoms with Gasteiger partial charge in [-0.2, -0.15) is 0 Å². The Kier molecular flexibility index (Phi) is 2.99. The predicted octanol–water partition coefficient (Wildman–Crippen LogP) is 0.0413. The van der Waals surface area contributed by atoms with E-state index in [1.807, 2.05) is 4.90 Å². The van der Waals surface area contributed by atoms with Crippen molar-refractivity contribution >= 4 is 17.9 Å². The van der Waals surface area contributed by atoms with Crippen LogP contribution < -0.4 is 4.90 Å². The molecule has 0 aliphatic carbocycles. The average Bonchev–Trinajstić information content (AvgIpc) is 2.78. The molecule has 2 rings (SSSR count). The highest BCUT2D eigenvalue weighted by atomic mass is 16.4. The van der Waals surface area contributed by atoms with Crippen molar-refractivity contribution in [3.8, 4) is 0 Å². The van der Waals surface area contributed by atoms with Crippen LogP contribution in [0.25, 0.3) is 0 Å². The Balaban J connectivity index is 2.00. The second-order valence-corrected chi connectivity index (χ2v) is 3.81. The van der Waals surface area contributed by atoms with Crippen molar-refractivity contribution in [1.82, 2.24) is 9.88 Å². The zero-order valence-electron chi connectivity index (χ0n) is 9.42. The second-order valence-electron chi connectivity index (χ2n) is 3.81. The first-order valence-corrected chi connectivity index (χ1v) is 5.27. The number of aromatic carboxylic acids is 1. The zero-order valence-corrected chi connectivity index (χ0v) is 9.42. The summed E-state index contributed by atoms with van der Waals surface area (Å²) in [5.41, 5.74) is 0. The maximum atomic E-state index is 11.1. The lowest BCUT2D eigenvalue weighted by Gasteiger charge is -2.33. The summed E-state index contributed by atoms with van der Waals surface area (Å²) in [6.45, 7) is 3.92. The summed E-state index contributed by atoms with van der Waals surface area (Å²) in [6.07, 6.45) is 1.19. The third kappa shape index (κ3) is 2.38. The molecule has 0 atom stereocenters. The minimum Gasteiger partial charge on any atom is -0.475 e. The number of hydrogen-bond donors (Lipinski definition) is 1. The maximum Gasteiger partial charge on any atom is 0.373 e. The molecule has 1 saturated heterocycles. The number of hydrogen-bond acceptors (Lipinski definition) is 5. The van der Waals surface area contributed by atoms with Gasteiger partial charge in [0.15, 0.2) is 0 Å². The molecule has 1 amide bonds. The number of oxazole rings is 1. The molecule has 17 heavy (non-hydrogen) atoms. The molecule has 1 aliphatic rings. The number of carbonyl (C=O) groups is 2. The topological polar surface area (TPSA) is 86.9 Å². The van der Waals surface area contributed by atoms with Gasteiger partial charge in [0.25, 0.3) is 6.01 Å². The van der Waals surface area contributed by atoms with Crippen molar-refractivity contribution in [2.45, 2.75) is 6.92 Å². The molecule has 92 valence electrons. The molecule has 0 spiro atoms. The van der Waals surface area contributed by atoms with Gasteiger partial charge < -0.3 is 19.3 Å². The molecule has 7 heteroatoms. The summed E-state index contributed by atoms with van der Waals surface area (Å²) in [5, 5.41) is 8.71. The quantitative estimate of drug-likeness (QED) is 0.784. The summed E-state index contributed by atoms with van der Waals surface area (Å²) in [6, 6.07) is 0.297. The van der Waals surface area contributed by atoms with Gasteiger partial charge in [-0.25, -0.2) is 9.78 Å². The van der Waals surface area contributed by atoms with Crippen LogP contribution >= 0.6 is 0 Å². The van der Waals surface area contributed by atoms with Crippen LogP contribution in [0.15, 0.2) is 10.6 Å². The average molecular weight is 239 g/mol. The Labute approximate surface area is 97.6 Å². The van der Waals surface area contributed by atoms with E-state index in [1.165, 1.54) is 13.1 Å². The minimum absolute atomic E-state index is 0.0447. The highest BCUT2D eigenvalue weighted by Crippen LogP contribution is 2.16. The van der Waals surface area contributed by atoms with Gasteiger partial charge in [-0.05, 0) is 0 Å². The lowest BCUT2D eigenvalue weighted by Crippen LogP contribution is -2.48. The normalized spacial score (nSPS) is 16.1. The predicted molar refractivity (Wildman–Crippen MR) is 57.9 cm³/mol. The molecule has 0 radical (unpaired) electrons. The van der Waals surface area contributed by atoms with Crippen molar-refractivity contribution < 1.29 is 19.1 Å². The van der Waals surface area contributed by atoms with E-state index in [1.54, 1.807) is 4.90 Å². The van der Waals surface area contributed by atoms with E-state index in [4.69, 9.17) is 9.52 Å². The number of piperazine rings is 1. The third-order valence-corrected chi connectivity index (χ3v) is 2.70. The number of carbonyl (C=O) groups excluding carboxylic acids is 1. The van der Waals surface area contributed by atoms with E-state index >= 15 is 0 Å². The van der Waals surface area contributed by atoms with E-state index in [-0.39, 0.29) is 11.7 Å². The molecular formula is C10H13N3O4. The van der Waals surface area contributed by atoms with Gasteiger partial charge in [-0.1, -0.05) is 0 Å². The van der Waals surface area contributed by atoms with E-state index < -0.39 is 5.97 Å². The second kappa shape index (κ2) is 4.44. The molecule has 0 aromatic carbocycles. The van der Waals surface area contributed by atoms with E-state index in [0.29, 0.717) is 32.2 Å². The van der Waals surface area contributed by atoms with Gasteiger partial charge in [0.2, 0.25) is 11.7 Å². The summed E-state index contributed by atoms with van der Waals surface area (Å²) < 4.78 is 5.09. The van der Waals surface area contributed by atoms with Crippen LogP contribution in [0.5, 0.6) is 0 Å². The first kappa shape index (κ1) is 11.4. The largest absolute Gasteiger partial charge is 0.475 e. The molecule has 1 fully saturated rings. The number of carboxylic acid groups (broad SMARTS) is 1. The molecule has 0 saturated carbocycles. The molecule has 1 aromatic heterocycles. The van der Waals surface area contributed by atoms with Crippen LogP contribution in [0, 0.1) is 0 Å². The molecule has 2 heterocycles. The number of carboxylic acids is 1. The Bertz CT molecular complexity index is 435. The first-order chi connectivity index (χ1) is 8.08. The van der Waals surface area contributed by atoms with Crippen LogP contribution in [-0.4, -0.2) is 53.0 Å².